The lowest BCUT2D eigenvalue weighted by atomic mass is 10.1. The number of carbonyl (C=O) groups excluding carboxylic acids is 1. The van der Waals surface area contributed by atoms with Gasteiger partial charge in [0, 0.05) is 18.8 Å². The summed E-state index contributed by atoms with van der Waals surface area (Å²) in [5, 5.41) is 12.0. The molecule has 1 fully saturated rings. The Morgan fingerprint density at radius 3 is 2.86 bits per heavy atom. The average Bonchev–Trinajstić information content (AvgIpc) is 3.22. The fourth-order valence-corrected chi connectivity index (χ4v) is 4.01. The monoisotopic (exact) mass is 379 g/mol. The van der Waals surface area contributed by atoms with Crippen molar-refractivity contribution in [2.45, 2.75) is 51.5 Å². The SMILES string of the molecule is CCCCNC(=O)c1cc2c(=O)n3ccccc3nc2n(C2CCCC2)c1=N. The van der Waals surface area contributed by atoms with Gasteiger partial charge in [-0.1, -0.05) is 32.3 Å². The second-order valence-corrected chi connectivity index (χ2v) is 7.41. The molecule has 1 saturated carbocycles. The Kier molecular flexibility index (Phi) is 4.98. The van der Waals surface area contributed by atoms with Gasteiger partial charge in [-0.05, 0) is 37.5 Å². The summed E-state index contributed by atoms with van der Waals surface area (Å²) in [4.78, 5) is 30.6. The third kappa shape index (κ3) is 3.10. The highest BCUT2D eigenvalue weighted by Gasteiger charge is 2.24. The van der Waals surface area contributed by atoms with Crippen molar-refractivity contribution >= 4 is 22.6 Å². The second-order valence-electron chi connectivity index (χ2n) is 7.41. The molecule has 4 rings (SSSR count). The van der Waals surface area contributed by atoms with Crippen molar-refractivity contribution in [1.29, 1.82) is 5.41 Å². The van der Waals surface area contributed by atoms with E-state index in [1.807, 2.05) is 10.6 Å². The van der Waals surface area contributed by atoms with E-state index in [1.165, 1.54) is 4.40 Å². The Hall–Kier alpha value is -2.96. The van der Waals surface area contributed by atoms with Crippen molar-refractivity contribution in [2.75, 3.05) is 6.54 Å². The van der Waals surface area contributed by atoms with Crippen LogP contribution in [0.15, 0.2) is 35.3 Å². The van der Waals surface area contributed by atoms with Gasteiger partial charge in [0.15, 0.2) is 0 Å². The molecule has 7 nitrogen and oxygen atoms in total. The maximum Gasteiger partial charge on any atom is 0.267 e. The minimum absolute atomic E-state index is 0.0939. The van der Waals surface area contributed by atoms with E-state index >= 15 is 0 Å². The molecule has 3 heterocycles. The number of carbonyl (C=O) groups is 1. The fourth-order valence-electron chi connectivity index (χ4n) is 4.01. The zero-order valence-corrected chi connectivity index (χ0v) is 16.1. The second kappa shape index (κ2) is 7.58. The van der Waals surface area contributed by atoms with Gasteiger partial charge in [0.2, 0.25) is 0 Å². The van der Waals surface area contributed by atoms with Crippen molar-refractivity contribution in [1.82, 2.24) is 19.3 Å². The van der Waals surface area contributed by atoms with Gasteiger partial charge in [0.1, 0.15) is 16.8 Å². The van der Waals surface area contributed by atoms with E-state index in [4.69, 9.17) is 10.4 Å². The summed E-state index contributed by atoms with van der Waals surface area (Å²) < 4.78 is 3.30. The molecule has 28 heavy (non-hydrogen) atoms. The fraction of sp³-hybridized carbons (Fsp3) is 0.429. The first-order chi connectivity index (χ1) is 13.6. The van der Waals surface area contributed by atoms with Crippen molar-refractivity contribution < 1.29 is 4.79 Å². The number of rotatable bonds is 5. The molecule has 7 heteroatoms. The first-order valence-electron chi connectivity index (χ1n) is 10.0. The van der Waals surface area contributed by atoms with Crippen LogP contribution in [-0.4, -0.2) is 26.4 Å². The van der Waals surface area contributed by atoms with E-state index < -0.39 is 0 Å². The quantitative estimate of drug-likeness (QED) is 0.527. The van der Waals surface area contributed by atoms with Crippen LogP contribution in [0.5, 0.6) is 0 Å². The van der Waals surface area contributed by atoms with E-state index in [0.29, 0.717) is 23.2 Å². The number of hydrogen-bond donors (Lipinski definition) is 2. The van der Waals surface area contributed by atoms with Gasteiger partial charge in [-0.3, -0.25) is 19.4 Å². The van der Waals surface area contributed by atoms with Crippen LogP contribution < -0.4 is 16.4 Å². The highest BCUT2D eigenvalue weighted by Crippen LogP contribution is 2.30. The molecular formula is C21H25N5O2. The Labute approximate surface area is 162 Å². The summed E-state index contributed by atoms with van der Waals surface area (Å²) in [5.41, 5.74) is 1.21. The van der Waals surface area contributed by atoms with Crippen molar-refractivity contribution in [2.24, 2.45) is 0 Å². The van der Waals surface area contributed by atoms with Crippen LogP contribution in [0.25, 0.3) is 16.7 Å². The molecule has 0 spiro atoms. The molecule has 1 aliphatic rings. The lowest BCUT2D eigenvalue weighted by molar-refractivity contribution is 0.0950. The number of aromatic nitrogens is 3. The van der Waals surface area contributed by atoms with Crippen LogP contribution in [0.3, 0.4) is 0 Å². The lowest BCUT2D eigenvalue weighted by Gasteiger charge is -2.19. The normalized spacial score (nSPS) is 14.8. The topological polar surface area (TPSA) is 92.2 Å². The number of hydrogen-bond acceptors (Lipinski definition) is 4. The highest BCUT2D eigenvalue weighted by atomic mass is 16.1. The molecule has 0 unspecified atom stereocenters. The molecule has 0 aromatic carbocycles. The first-order valence-corrected chi connectivity index (χ1v) is 10.0. The van der Waals surface area contributed by atoms with Gasteiger partial charge < -0.3 is 9.88 Å². The minimum Gasteiger partial charge on any atom is -0.352 e. The van der Waals surface area contributed by atoms with Crippen molar-refractivity contribution in [3.05, 3.63) is 51.9 Å². The van der Waals surface area contributed by atoms with Crippen LogP contribution in [0.4, 0.5) is 0 Å². The van der Waals surface area contributed by atoms with Gasteiger partial charge in [0.05, 0.1) is 10.9 Å². The molecule has 2 N–H and O–H groups in total. The van der Waals surface area contributed by atoms with Crippen LogP contribution in [0, 0.1) is 5.41 Å². The smallest absolute Gasteiger partial charge is 0.267 e. The molecular weight excluding hydrogens is 354 g/mol. The molecule has 0 atom stereocenters. The van der Waals surface area contributed by atoms with E-state index in [9.17, 15) is 9.59 Å². The molecule has 0 aliphatic heterocycles. The van der Waals surface area contributed by atoms with Gasteiger partial charge in [-0.15, -0.1) is 0 Å². The summed E-state index contributed by atoms with van der Waals surface area (Å²) in [7, 11) is 0. The first kappa shape index (κ1) is 18.4. The van der Waals surface area contributed by atoms with E-state index in [-0.39, 0.29) is 28.6 Å². The summed E-state index contributed by atoms with van der Waals surface area (Å²) in [6.07, 6.45) is 7.57. The summed E-state index contributed by atoms with van der Waals surface area (Å²) in [6.45, 7) is 2.62. The molecule has 3 aromatic rings. The third-order valence-corrected chi connectivity index (χ3v) is 5.51. The number of nitrogens with one attached hydrogen (secondary N) is 2. The van der Waals surface area contributed by atoms with Gasteiger partial charge in [0.25, 0.3) is 11.5 Å². The number of unbranched alkanes of at least 4 members (excludes halogenated alkanes) is 1. The van der Waals surface area contributed by atoms with Crippen LogP contribution in [0.2, 0.25) is 0 Å². The lowest BCUT2D eigenvalue weighted by Crippen LogP contribution is -2.36. The zero-order valence-electron chi connectivity index (χ0n) is 16.1. The Bertz CT molecular complexity index is 1160. The molecule has 0 radical (unpaired) electrons. The van der Waals surface area contributed by atoms with Gasteiger partial charge in [-0.2, -0.15) is 0 Å². The Balaban J connectivity index is 1.98. The maximum absolute atomic E-state index is 13.1. The molecule has 1 amide bonds. The predicted octanol–water partition coefficient (Wildman–Crippen LogP) is 2.77. The molecule has 1 aliphatic carbocycles. The molecule has 0 saturated heterocycles. The zero-order chi connectivity index (χ0) is 19.7. The number of amides is 1. The van der Waals surface area contributed by atoms with Crippen molar-refractivity contribution in [3.63, 3.8) is 0 Å². The Morgan fingerprint density at radius 2 is 2.11 bits per heavy atom. The van der Waals surface area contributed by atoms with Crippen LogP contribution in [-0.2, 0) is 0 Å². The molecule has 0 bridgehead atoms. The summed E-state index contributed by atoms with van der Waals surface area (Å²) in [5.74, 6) is -0.301. The third-order valence-electron chi connectivity index (χ3n) is 5.51. The molecule has 3 aromatic heterocycles. The van der Waals surface area contributed by atoms with Gasteiger partial charge >= 0.3 is 0 Å². The van der Waals surface area contributed by atoms with E-state index in [1.54, 1.807) is 24.4 Å². The minimum atomic E-state index is -0.301. The summed E-state index contributed by atoms with van der Waals surface area (Å²) >= 11 is 0. The largest absolute Gasteiger partial charge is 0.352 e. The number of fused-ring (bicyclic) bond motifs is 2. The van der Waals surface area contributed by atoms with Crippen LogP contribution >= 0.6 is 0 Å². The number of nitrogens with zero attached hydrogens (tertiary/aromatic N) is 3. The average molecular weight is 379 g/mol. The Morgan fingerprint density at radius 1 is 1.32 bits per heavy atom. The standard InChI is InChI=1S/C21H25N5O2/c1-2-3-11-23-20(27)15-13-16-19(26(18(15)22)14-8-4-5-9-14)24-17-10-6-7-12-25(17)21(16)28/h6-7,10,12-14,22H,2-5,8-9,11H2,1H3,(H,23,27). The summed E-state index contributed by atoms with van der Waals surface area (Å²) in [6, 6.07) is 7.04. The predicted molar refractivity (Wildman–Crippen MR) is 108 cm³/mol. The highest BCUT2D eigenvalue weighted by molar-refractivity contribution is 5.96. The van der Waals surface area contributed by atoms with Gasteiger partial charge in [-0.25, -0.2) is 4.98 Å². The van der Waals surface area contributed by atoms with Crippen LogP contribution in [0.1, 0.15) is 61.8 Å². The maximum atomic E-state index is 13.1. The number of pyridine rings is 2. The molecule has 146 valence electrons. The van der Waals surface area contributed by atoms with E-state index in [0.717, 1.165) is 38.5 Å². The van der Waals surface area contributed by atoms with Crippen molar-refractivity contribution in [3.8, 4) is 0 Å². The van der Waals surface area contributed by atoms with E-state index in [2.05, 4.69) is 12.2 Å².